The Labute approximate surface area is 242 Å². The standard InChI is InChI=1S/C30H33ClN6O2S/c1-18(39-2)17-37-12-9-19-7-8-22(25(31)24(19)29(37)38)40-28-27(33)35-23(16-34-28)36-13-10-30(11-14-36)15-20-5-3-4-6-21(20)26(30)32/h3-9,12,16,18,26H,10-11,13-15,17,32H2,1-2H3,(H2,33,35)/t18?,26-/m1/s1. The molecule has 2 atom stereocenters. The van der Waals surface area contributed by atoms with Crippen molar-refractivity contribution in [3.8, 4) is 0 Å². The number of hydrogen-bond acceptors (Lipinski definition) is 8. The maximum Gasteiger partial charge on any atom is 0.260 e. The van der Waals surface area contributed by atoms with E-state index < -0.39 is 0 Å². The van der Waals surface area contributed by atoms with Crippen molar-refractivity contribution in [3.05, 3.63) is 81.4 Å². The van der Waals surface area contributed by atoms with Gasteiger partial charge in [0.1, 0.15) is 10.8 Å². The van der Waals surface area contributed by atoms with E-state index in [1.54, 1.807) is 24.1 Å². The summed E-state index contributed by atoms with van der Waals surface area (Å²) in [5.41, 5.74) is 15.7. The summed E-state index contributed by atoms with van der Waals surface area (Å²) in [5.74, 6) is 1.10. The summed E-state index contributed by atoms with van der Waals surface area (Å²) in [6, 6.07) is 14.3. The van der Waals surface area contributed by atoms with Gasteiger partial charge in [-0.05, 0) is 60.2 Å². The number of halogens is 1. The molecule has 40 heavy (non-hydrogen) atoms. The Morgan fingerprint density at radius 1 is 1.20 bits per heavy atom. The summed E-state index contributed by atoms with van der Waals surface area (Å²) in [6.45, 7) is 4.06. The van der Waals surface area contributed by atoms with Crippen molar-refractivity contribution < 1.29 is 4.74 Å². The molecule has 1 unspecified atom stereocenters. The van der Waals surface area contributed by atoms with Crippen molar-refractivity contribution in [2.45, 2.75) is 54.8 Å². The number of anilines is 2. The second-order valence-corrected chi connectivity index (χ2v) is 12.3. The van der Waals surface area contributed by atoms with E-state index in [0.717, 1.165) is 43.6 Å². The zero-order valence-corrected chi connectivity index (χ0v) is 24.2. The van der Waals surface area contributed by atoms with Crippen molar-refractivity contribution in [3.63, 3.8) is 0 Å². The van der Waals surface area contributed by atoms with Gasteiger partial charge in [-0.3, -0.25) is 4.79 Å². The van der Waals surface area contributed by atoms with Crippen LogP contribution in [0.2, 0.25) is 5.02 Å². The lowest BCUT2D eigenvalue weighted by Crippen LogP contribution is -2.44. The molecule has 10 heteroatoms. The number of hydrogen-bond donors (Lipinski definition) is 2. The average molecular weight is 577 g/mol. The average Bonchev–Trinajstić information content (AvgIpc) is 3.23. The van der Waals surface area contributed by atoms with Gasteiger partial charge in [-0.2, -0.15) is 0 Å². The van der Waals surface area contributed by atoms with Crippen LogP contribution in [-0.4, -0.2) is 40.8 Å². The predicted octanol–water partition coefficient (Wildman–Crippen LogP) is 5.06. The zero-order chi connectivity index (χ0) is 28.0. The normalized spacial score (nSPS) is 18.8. The van der Waals surface area contributed by atoms with E-state index in [2.05, 4.69) is 34.1 Å². The highest BCUT2D eigenvalue weighted by Crippen LogP contribution is 2.51. The van der Waals surface area contributed by atoms with Crippen molar-refractivity contribution in [1.29, 1.82) is 0 Å². The highest BCUT2D eigenvalue weighted by molar-refractivity contribution is 7.99. The molecule has 1 aliphatic carbocycles. The lowest BCUT2D eigenvalue weighted by molar-refractivity contribution is 0.102. The van der Waals surface area contributed by atoms with Crippen molar-refractivity contribution >= 4 is 45.8 Å². The van der Waals surface area contributed by atoms with Gasteiger partial charge in [0.05, 0.1) is 29.3 Å². The van der Waals surface area contributed by atoms with Gasteiger partial charge in [-0.15, -0.1) is 0 Å². The van der Waals surface area contributed by atoms with E-state index in [-0.39, 0.29) is 23.1 Å². The number of pyridine rings is 1. The van der Waals surface area contributed by atoms with Gasteiger partial charge in [0.15, 0.2) is 5.82 Å². The molecule has 208 valence electrons. The number of benzene rings is 2. The largest absolute Gasteiger partial charge is 0.381 e. The van der Waals surface area contributed by atoms with Gasteiger partial charge >= 0.3 is 0 Å². The maximum absolute atomic E-state index is 13.2. The first-order valence-electron chi connectivity index (χ1n) is 13.5. The third-order valence-electron chi connectivity index (χ3n) is 8.54. The molecule has 2 aromatic carbocycles. The van der Waals surface area contributed by atoms with Crippen LogP contribution >= 0.6 is 23.4 Å². The number of piperidine rings is 1. The van der Waals surface area contributed by atoms with Crippen LogP contribution in [0.3, 0.4) is 0 Å². The van der Waals surface area contributed by atoms with Crippen molar-refractivity contribution in [1.82, 2.24) is 14.5 Å². The first-order valence-corrected chi connectivity index (χ1v) is 14.7. The van der Waals surface area contributed by atoms with Crippen LogP contribution in [0.1, 0.15) is 36.9 Å². The minimum atomic E-state index is -0.156. The van der Waals surface area contributed by atoms with Gasteiger partial charge in [0.25, 0.3) is 5.56 Å². The summed E-state index contributed by atoms with van der Waals surface area (Å²) in [4.78, 5) is 25.5. The Kier molecular flexibility index (Phi) is 7.25. The quantitative estimate of drug-likeness (QED) is 0.328. The van der Waals surface area contributed by atoms with Gasteiger partial charge in [-0.1, -0.05) is 53.7 Å². The topological polar surface area (TPSA) is 112 Å². The van der Waals surface area contributed by atoms with E-state index in [4.69, 9.17) is 32.8 Å². The fourth-order valence-corrected chi connectivity index (χ4v) is 7.25. The maximum atomic E-state index is 13.2. The molecule has 2 aromatic heterocycles. The Morgan fingerprint density at radius 3 is 2.70 bits per heavy atom. The fraction of sp³-hybridized carbons (Fsp3) is 0.367. The minimum Gasteiger partial charge on any atom is -0.381 e. The number of nitrogens with zero attached hydrogens (tertiary/aromatic N) is 4. The lowest BCUT2D eigenvalue weighted by atomic mass is 9.73. The first-order chi connectivity index (χ1) is 19.3. The third-order valence-corrected chi connectivity index (χ3v) is 10.1. The molecule has 1 saturated heterocycles. The molecular weight excluding hydrogens is 544 g/mol. The Morgan fingerprint density at radius 2 is 1.98 bits per heavy atom. The van der Waals surface area contributed by atoms with Crippen LogP contribution in [-0.2, 0) is 17.7 Å². The summed E-state index contributed by atoms with van der Waals surface area (Å²) in [5, 5.41) is 2.18. The fourth-order valence-electron chi connectivity index (χ4n) is 6.09. The molecule has 2 aliphatic rings. The van der Waals surface area contributed by atoms with E-state index in [1.165, 1.54) is 22.9 Å². The van der Waals surface area contributed by atoms with Gasteiger partial charge in [-0.25, -0.2) is 9.97 Å². The van der Waals surface area contributed by atoms with Crippen LogP contribution in [0.15, 0.2) is 69.6 Å². The number of ether oxygens (including phenoxy) is 1. The Hall–Kier alpha value is -3.11. The molecular formula is C30H33ClN6O2S. The van der Waals surface area contributed by atoms with Gasteiger partial charge < -0.3 is 25.7 Å². The van der Waals surface area contributed by atoms with Crippen molar-refractivity contribution in [2.24, 2.45) is 11.1 Å². The molecule has 0 amide bonds. The number of methoxy groups -OCH3 is 1. The SMILES string of the molecule is COC(C)Cn1ccc2ccc(Sc3ncc(N4CCC5(CC4)Cc4ccccc4[C@H]5N)nc3N)c(Cl)c2c1=O. The highest BCUT2D eigenvalue weighted by atomic mass is 35.5. The summed E-state index contributed by atoms with van der Waals surface area (Å²) in [6.07, 6.45) is 6.46. The van der Waals surface area contributed by atoms with Crippen LogP contribution < -0.4 is 21.9 Å². The third kappa shape index (κ3) is 4.75. The zero-order valence-electron chi connectivity index (χ0n) is 22.6. The second-order valence-electron chi connectivity index (χ2n) is 10.9. The molecule has 8 nitrogen and oxygen atoms in total. The number of nitrogens with two attached hydrogens (primary N) is 2. The number of nitrogen functional groups attached to an aromatic ring is 1. The number of fused-ring (bicyclic) bond motifs is 2. The molecule has 0 radical (unpaired) electrons. The van der Waals surface area contributed by atoms with E-state index in [1.807, 2.05) is 25.1 Å². The lowest BCUT2D eigenvalue weighted by Gasteiger charge is -2.42. The van der Waals surface area contributed by atoms with E-state index in [9.17, 15) is 4.79 Å². The van der Waals surface area contributed by atoms with Crippen LogP contribution in [0.4, 0.5) is 11.6 Å². The van der Waals surface area contributed by atoms with Crippen molar-refractivity contribution in [2.75, 3.05) is 30.8 Å². The van der Waals surface area contributed by atoms with E-state index >= 15 is 0 Å². The predicted molar refractivity (Wildman–Crippen MR) is 161 cm³/mol. The summed E-state index contributed by atoms with van der Waals surface area (Å²) < 4.78 is 6.95. The molecule has 0 saturated carbocycles. The molecule has 1 aliphatic heterocycles. The molecule has 3 heterocycles. The molecule has 6 rings (SSSR count). The molecule has 0 bridgehead atoms. The molecule has 1 spiro atoms. The summed E-state index contributed by atoms with van der Waals surface area (Å²) >= 11 is 8.09. The van der Waals surface area contributed by atoms with Crippen LogP contribution in [0.25, 0.3) is 10.8 Å². The Bertz CT molecular complexity index is 1630. The number of rotatable bonds is 6. The van der Waals surface area contributed by atoms with Crippen LogP contribution in [0, 0.1) is 5.41 Å². The Balaban J connectivity index is 1.19. The molecule has 4 aromatic rings. The first kappa shape index (κ1) is 27.1. The summed E-state index contributed by atoms with van der Waals surface area (Å²) in [7, 11) is 1.63. The van der Waals surface area contributed by atoms with Gasteiger partial charge in [0, 0.05) is 37.3 Å². The second kappa shape index (κ2) is 10.7. The minimum absolute atomic E-state index is 0.0694. The number of aromatic nitrogens is 3. The molecule has 4 N–H and O–H groups in total. The van der Waals surface area contributed by atoms with E-state index in [0.29, 0.717) is 32.7 Å². The van der Waals surface area contributed by atoms with Crippen LogP contribution in [0.5, 0.6) is 0 Å². The van der Waals surface area contributed by atoms with Gasteiger partial charge in [0.2, 0.25) is 0 Å². The highest BCUT2D eigenvalue weighted by Gasteiger charge is 2.45. The monoisotopic (exact) mass is 576 g/mol. The molecule has 1 fully saturated rings. The smallest absolute Gasteiger partial charge is 0.260 e.